The lowest BCUT2D eigenvalue weighted by Gasteiger charge is -2.24. The second-order valence-electron chi connectivity index (χ2n) is 5.69. The van der Waals surface area contributed by atoms with Crippen LogP contribution in [0.3, 0.4) is 0 Å². The molecule has 1 aliphatic heterocycles. The molecule has 0 unspecified atom stereocenters. The number of aryl methyl sites for hydroxylation is 2. The summed E-state index contributed by atoms with van der Waals surface area (Å²) in [7, 11) is 0. The maximum absolute atomic E-state index is 12.7. The van der Waals surface area contributed by atoms with Crippen molar-refractivity contribution in [3.63, 3.8) is 0 Å². The van der Waals surface area contributed by atoms with Gasteiger partial charge in [-0.2, -0.15) is 0 Å². The van der Waals surface area contributed by atoms with Crippen LogP contribution in [0.2, 0.25) is 0 Å². The summed E-state index contributed by atoms with van der Waals surface area (Å²) in [4.78, 5) is 14.8. The fourth-order valence-electron chi connectivity index (χ4n) is 2.56. The lowest BCUT2D eigenvalue weighted by Crippen LogP contribution is -2.40. The molecule has 1 aliphatic rings. The highest BCUT2D eigenvalue weighted by atomic mass is 16.5. The molecule has 0 radical (unpaired) electrons. The van der Waals surface area contributed by atoms with Crippen LogP contribution in [-0.4, -0.2) is 41.0 Å². The van der Waals surface area contributed by atoms with E-state index in [9.17, 15) is 4.79 Å². The van der Waals surface area contributed by atoms with Crippen molar-refractivity contribution in [1.82, 2.24) is 14.7 Å². The third-order valence-electron chi connectivity index (χ3n) is 4.11. The van der Waals surface area contributed by atoms with Gasteiger partial charge in [0.2, 0.25) is 0 Å². The number of ether oxygens (including phenoxy) is 1. The fourth-order valence-corrected chi connectivity index (χ4v) is 2.56. The van der Waals surface area contributed by atoms with E-state index in [2.05, 4.69) is 23.5 Å². The normalized spacial score (nSPS) is 16.3. The lowest BCUT2D eigenvalue weighted by atomic mass is 10.1. The Balaban J connectivity index is 2.06. The summed E-state index contributed by atoms with van der Waals surface area (Å²) in [6, 6.07) is 5.97. The first-order valence-electron chi connectivity index (χ1n) is 7.47. The van der Waals surface area contributed by atoms with Crippen molar-refractivity contribution in [2.45, 2.75) is 13.8 Å². The van der Waals surface area contributed by atoms with Gasteiger partial charge in [0.25, 0.3) is 5.56 Å². The van der Waals surface area contributed by atoms with Crippen molar-refractivity contribution in [3.8, 4) is 5.69 Å². The molecule has 0 aliphatic carbocycles. The van der Waals surface area contributed by atoms with Gasteiger partial charge in [0.15, 0.2) is 0 Å². The maximum atomic E-state index is 12.7. The molecule has 2 heterocycles. The SMILES string of the molecule is C=c1[nH]n(-c2ccc(C)c(C)c2)c(=O)c1=CN1CCOCC1. The van der Waals surface area contributed by atoms with Gasteiger partial charge >= 0.3 is 0 Å². The first-order valence-corrected chi connectivity index (χ1v) is 7.47. The number of benzene rings is 1. The molecule has 22 heavy (non-hydrogen) atoms. The molecular formula is C17H21N3O2. The van der Waals surface area contributed by atoms with E-state index < -0.39 is 0 Å². The molecule has 0 amide bonds. The molecule has 0 atom stereocenters. The van der Waals surface area contributed by atoms with Gasteiger partial charge < -0.3 is 9.64 Å². The molecule has 1 aromatic heterocycles. The highest BCUT2D eigenvalue weighted by Crippen LogP contribution is 2.11. The van der Waals surface area contributed by atoms with Gasteiger partial charge in [0.05, 0.1) is 29.5 Å². The van der Waals surface area contributed by atoms with Crippen molar-refractivity contribution in [1.29, 1.82) is 0 Å². The predicted molar refractivity (Wildman–Crippen MR) is 87.5 cm³/mol. The zero-order valence-corrected chi connectivity index (χ0v) is 13.1. The Morgan fingerprint density at radius 3 is 2.64 bits per heavy atom. The number of nitrogens with one attached hydrogen (secondary N) is 1. The largest absolute Gasteiger partial charge is 0.378 e. The summed E-state index contributed by atoms with van der Waals surface area (Å²) in [5, 5.41) is 4.31. The van der Waals surface area contributed by atoms with Crippen LogP contribution in [0.4, 0.5) is 0 Å². The van der Waals surface area contributed by atoms with E-state index >= 15 is 0 Å². The number of hydrogen-bond donors (Lipinski definition) is 1. The van der Waals surface area contributed by atoms with Gasteiger partial charge in [0, 0.05) is 19.3 Å². The average molecular weight is 299 g/mol. The highest BCUT2D eigenvalue weighted by molar-refractivity contribution is 5.39. The van der Waals surface area contributed by atoms with Crippen molar-refractivity contribution in [2.24, 2.45) is 0 Å². The zero-order valence-electron chi connectivity index (χ0n) is 13.1. The van der Waals surface area contributed by atoms with Gasteiger partial charge in [-0.3, -0.25) is 9.89 Å². The number of nitrogens with zero attached hydrogens (tertiary/aromatic N) is 2. The van der Waals surface area contributed by atoms with Crippen LogP contribution in [0.25, 0.3) is 18.5 Å². The van der Waals surface area contributed by atoms with Crippen LogP contribution in [0.5, 0.6) is 0 Å². The van der Waals surface area contributed by atoms with Crippen LogP contribution < -0.4 is 16.1 Å². The first-order chi connectivity index (χ1) is 10.6. The molecule has 1 fully saturated rings. The van der Waals surface area contributed by atoms with Crippen LogP contribution in [0.1, 0.15) is 11.1 Å². The third kappa shape index (κ3) is 2.72. The van der Waals surface area contributed by atoms with Crippen molar-refractivity contribution in [2.75, 3.05) is 26.3 Å². The van der Waals surface area contributed by atoms with Crippen LogP contribution >= 0.6 is 0 Å². The van der Waals surface area contributed by atoms with Crippen LogP contribution in [0, 0.1) is 13.8 Å². The molecule has 5 nitrogen and oxygen atoms in total. The molecular weight excluding hydrogens is 278 g/mol. The minimum atomic E-state index is -0.0697. The molecule has 2 aromatic rings. The predicted octanol–water partition coefficient (Wildman–Crippen LogP) is 0.263. The number of aromatic nitrogens is 2. The van der Waals surface area contributed by atoms with Gasteiger partial charge in [-0.15, -0.1) is 0 Å². The molecule has 0 spiro atoms. The molecule has 116 valence electrons. The average Bonchev–Trinajstić information content (AvgIpc) is 2.79. The topological polar surface area (TPSA) is 50.3 Å². The summed E-state index contributed by atoms with van der Waals surface area (Å²) in [5.74, 6) is 0. The molecule has 1 aromatic carbocycles. The van der Waals surface area contributed by atoms with Gasteiger partial charge in [-0.1, -0.05) is 12.6 Å². The summed E-state index contributed by atoms with van der Waals surface area (Å²) in [6.45, 7) is 11.0. The Hall–Kier alpha value is -2.27. The quantitative estimate of drug-likeness (QED) is 0.865. The molecule has 1 N–H and O–H groups in total. The zero-order chi connectivity index (χ0) is 15.7. The third-order valence-corrected chi connectivity index (χ3v) is 4.11. The number of aromatic amines is 1. The summed E-state index contributed by atoms with van der Waals surface area (Å²) < 4.78 is 6.88. The second kappa shape index (κ2) is 5.85. The van der Waals surface area contributed by atoms with Crippen molar-refractivity contribution in [3.05, 3.63) is 50.2 Å². The van der Waals surface area contributed by atoms with Crippen LogP contribution in [-0.2, 0) is 4.74 Å². The minimum absolute atomic E-state index is 0.0697. The standard InChI is InChI=1S/C17H21N3O2/c1-12-4-5-15(10-13(12)2)20-17(21)16(14(3)18-20)11-19-6-8-22-9-7-19/h4-5,10-11,18H,3,6-9H2,1-2H3. The minimum Gasteiger partial charge on any atom is -0.378 e. The first kappa shape index (κ1) is 14.7. The smallest absolute Gasteiger partial charge is 0.280 e. The van der Waals surface area contributed by atoms with Gasteiger partial charge in [0.1, 0.15) is 0 Å². The summed E-state index contributed by atoms with van der Waals surface area (Å²) in [5.41, 5.74) is 3.13. The molecule has 1 saturated heterocycles. The Bertz CT molecular complexity index is 842. The summed E-state index contributed by atoms with van der Waals surface area (Å²) >= 11 is 0. The van der Waals surface area contributed by atoms with Gasteiger partial charge in [-0.25, -0.2) is 4.68 Å². The lowest BCUT2D eigenvalue weighted by molar-refractivity contribution is 0.0662. The van der Waals surface area contributed by atoms with E-state index in [4.69, 9.17) is 4.74 Å². The van der Waals surface area contributed by atoms with Crippen LogP contribution in [0.15, 0.2) is 23.0 Å². The molecule has 5 heteroatoms. The summed E-state index contributed by atoms with van der Waals surface area (Å²) in [6.07, 6.45) is 1.89. The van der Waals surface area contributed by atoms with E-state index in [1.807, 2.05) is 31.3 Å². The Labute approximate surface area is 129 Å². The number of morpholine rings is 1. The Kier molecular flexibility index (Phi) is 3.90. The highest BCUT2D eigenvalue weighted by Gasteiger charge is 2.09. The number of H-pyrrole nitrogens is 1. The Morgan fingerprint density at radius 2 is 1.95 bits per heavy atom. The molecule has 0 saturated carbocycles. The monoisotopic (exact) mass is 299 g/mol. The van der Waals surface area contributed by atoms with E-state index in [-0.39, 0.29) is 5.56 Å². The van der Waals surface area contributed by atoms with Crippen molar-refractivity contribution < 1.29 is 4.74 Å². The number of hydrogen-bond acceptors (Lipinski definition) is 3. The second-order valence-corrected chi connectivity index (χ2v) is 5.69. The van der Waals surface area contributed by atoms with E-state index in [0.717, 1.165) is 24.3 Å². The maximum Gasteiger partial charge on any atom is 0.280 e. The van der Waals surface area contributed by atoms with Crippen molar-refractivity contribution >= 4 is 12.8 Å². The molecule has 0 bridgehead atoms. The van der Waals surface area contributed by atoms with E-state index in [1.54, 1.807) is 4.68 Å². The fraction of sp³-hybridized carbons (Fsp3) is 0.353. The molecule has 3 rings (SSSR count). The van der Waals surface area contributed by atoms with E-state index in [0.29, 0.717) is 23.8 Å². The number of rotatable bonds is 2. The Morgan fingerprint density at radius 1 is 1.23 bits per heavy atom. The van der Waals surface area contributed by atoms with E-state index in [1.165, 1.54) is 5.56 Å². The van der Waals surface area contributed by atoms with Gasteiger partial charge in [-0.05, 0) is 37.1 Å².